The first-order chi connectivity index (χ1) is 7.45. The number of nitrogen functional groups attached to an aromatic ring is 1. The molecule has 0 aliphatic carbocycles. The highest BCUT2D eigenvalue weighted by molar-refractivity contribution is 5.82. The number of hydrogen-bond donors (Lipinski definition) is 3. The van der Waals surface area contributed by atoms with Crippen molar-refractivity contribution in [3.05, 3.63) is 12.3 Å². The zero-order chi connectivity index (χ0) is 12.2. The van der Waals surface area contributed by atoms with Crippen molar-refractivity contribution in [2.45, 2.75) is 13.8 Å². The number of carbonyl (C=O) groups excluding carboxylic acids is 1. The van der Waals surface area contributed by atoms with Gasteiger partial charge in [-0.15, -0.1) is 0 Å². The number of anilines is 2. The van der Waals surface area contributed by atoms with Gasteiger partial charge in [0.2, 0.25) is 11.9 Å². The number of hydrogen-bond acceptors (Lipinski definition) is 5. The lowest BCUT2D eigenvalue weighted by atomic mass is 9.92. The minimum Gasteiger partial charge on any atom is -0.369 e. The third kappa shape index (κ3) is 3.08. The van der Waals surface area contributed by atoms with Gasteiger partial charge in [-0.3, -0.25) is 4.79 Å². The summed E-state index contributed by atoms with van der Waals surface area (Å²) in [5.74, 6) is 0.800. The Morgan fingerprint density at radius 1 is 1.56 bits per heavy atom. The van der Waals surface area contributed by atoms with Gasteiger partial charge in [0.1, 0.15) is 5.82 Å². The van der Waals surface area contributed by atoms with Crippen LogP contribution in [-0.2, 0) is 4.79 Å². The Morgan fingerprint density at radius 2 is 2.25 bits per heavy atom. The number of rotatable bonds is 4. The van der Waals surface area contributed by atoms with Crippen LogP contribution in [0.1, 0.15) is 13.8 Å². The molecule has 88 valence electrons. The first-order valence-electron chi connectivity index (χ1n) is 5.00. The van der Waals surface area contributed by atoms with Crippen LogP contribution in [0.5, 0.6) is 0 Å². The molecule has 0 spiro atoms. The summed E-state index contributed by atoms with van der Waals surface area (Å²) in [5, 5.41) is 5.67. The highest BCUT2D eigenvalue weighted by Crippen LogP contribution is 2.16. The fraction of sp³-hybridized carbons (Fsp3) is 0.500. The van der Waals surface area contributed by atoms with E-state index in [1.54, 1.807) is 19.3 Å². The molecule has 0 aliphatic rings. The summed E-state index contributed by atoms with van der Waals surface area (Å²) in [7, 11) is 1.62. The maximum Gasteiger partial charge on any atom is 0.227 e. The maximum absolute atomic E-state index is 11.5. The van der Waals surface area contributed by atoms with Crippen molar-refractivity contribution in [1.29, 1.82) is 0 Å². The van der Waals surface area contributed by atoms with Crippen molar-refractivity contribution in [3.63, 3.8) is 0 Å². The third-order valence-corrected chi connectivity index (χ3v) is 2.23. The van der Waals surface area contributed by atoms with Gasteiger partial charge in [-0.1, -0.05) is 0 Å². The van der Waals surface area contributed by atoms with E-state index in [2.05, 4.69) is 20.6 Å². The molecule has 0 saturated carbocycles. The minimum atomic E-state index is -0.505. The Labute approximate surface area is 94.7 Å². The second-order valence-electron chi connectivity index (χ2n) is 4.12. The van der Waals surface area contributed by atoms with Gasteiger partial charge in [-0.05, 0) is 19.9 Å². The molecule has 6 heteroatoms. The molecule has 0 saturated heterocycles. The van der Waals surface area contributed by atoms with E-state index in [1.165, 1.54) is 0 Å². The molecule has 16 heavy (non-hydrogen) atoms. The Morgan fingerprint density at radius 3 is 2.81 bits per heavy atom. The topological polar surface area (TPSA) is 92.9 Å². The van der Waals surface area contributed by atoms with Gasteiger partial charge in [0, 0.05) is 19.8 Å². The quantitative estimate of drug-likeness (QED) is 0.680. The van der Waals surface area contributed by atoms with Crippen molar-refractivity contribution in [1.82, 2.24) is 15.3 Å². The molecule has 1 heterocycles. The number of aromatic nitrogens is 2. The van der Waals surface area contributed by atoms with Crippen molar-refractivity contribution in [2.75, 3.05) is 24.6 Å². The smallest absolute Gasteiger partial charge is 0.227 e. The largest absolute Gasteiger partial charge is 0.369 e. The fourth-order valence-corrected chi connectivity index (χ4v) is 1.20. The van der Waals surface area contributed by atoms with E-state index >= 15 is 0 Å². The molecular weight excluding hydrogens is 206 g/mol. The summed E-state index contributed by atoms with van der Waals surface area (Å²) in [5.41, 5.74) is 4.94. The van der Waals surface area contributed by atoms with Gasteiger partial charge >= 0.3 is 0 Å². The first kappa shape index (κ1) is 12.2. The maximum atomic E-state index is 11.5. The number of nitrogens with two attached hydrogens (primary N) is 1. The van der Waals surface area contributed by atoms with Crippen molar-refractivity contribution in [3.8, 4) is 0 Å². The molecule has 0 radical (unpaired) electrons. The van der Waals surface area contributed by atoms with Gasteiger partial charge in [0.25, 0.3) is 0 Å². The Bertz CT molecular complexity index is 377. The second kappa shape index (κ2) is 4.78. The predicted molar refractivity (Wildman–Crippen MR) is 62.8 cm³/mol. The molecule has 0 atom stereocenters. The summed E-state index contributed by atoms with van der Waals surface area (Å²) in [6.07, 6.45) is 1.57. The van der Waals surface area contributed by atoms with E-state index < -0.39 is 5.41 Å². The van der Waals surface area contributed by atoms with Gasteiger partial charge in [0.15, 0.2) is 0 Å². The molecule has 6 nitrogen and oxygen atoms in total. The monoisotopic (exact) mass is 223 g/mol. The molecule has 0 unspecified atom stereocenters. The van der Waals surface area contributed by atoms with Crippen LogP contribution in [-0.4, -0.2) is 29.5 Å². The number of carbonyl (C=O) groups is 1. The van der Waals surface area contributed by atoms with E-state index in [0.29, 0.717) is 12.4 Å². The molecule has 0 aromatic carbocycles. The van der Waals surface area contributed by atoms with Gasteiger partial charge in [-0.2, -0.15) is 4.98 Å². The van der Waals surface area contributed by atoms with Gasteiger partial charge in [0.05, 0.1) is 5.41 Å². The highest BCUT2D eigenvalue weighted by atomic mass is 16.2. The summed E-state index contributed by atoms with van der Waals surface area (Å²) in [6.45, 7) is 4.18. The Hall–Kier alpha value is -1.85. The average Bonchev–Trinajstić information content (AvgIpc) is 2.25. The van der Waals surface area contributed by atoms with E-state index in [-0.39, 0.29) is 11.9 Å². The Balaban J connectivity index is 2.61. The molecule has 0 fully saturated rings. The lowest BCUT2D eigenvalue weighted by molar-refractivity contribution is -0.128. The zero-order valence-corrected chi connectivity index (χ0v) is 9.74. The van der Waals surface area contributed by atoms with Crippen LogP contribution in [0.3, 0.4) is 0 Å². The van der Waals surface area contributed by atoms with Gasteiger partial charge < -0.3 is 16.4 Å². The van der Waals surface area contributed by atoms with Gasteiger partial charge in [-0.25, -0.2) is 4.98 Å². The van der Waals surface area contributed by atoms with Crippen molar-refractivity contribution >= 4 is 17.7 Å². The summed E-state index contributed by atoms with van der Waals surface area (Å²) >= 11 is 0. The van der Waals surface area contributed by atoms with Crippen LogP contribution < -0.4 is 16.4 Å². The normalized spacial score (nSPS) is 10.9. The molecule has 1 rings (SSSR count). The predicted octanol–water partition coefficient (Wildman–Crippen LogP) is 0.243. The summed E-state index contributed by atoms with van der Waals surface area (Å²) < 4.78 is 0. The molecule has 1 amide bonds. The van der Waals surface area contributed by atoms with Crippen molar-refractivity contribution in [2.24, 2.45) is 5.41 Å². The minimum absolute atomic E-state index is 0.0259. The highest BCUT2D eigenvalue weighted by Gasteiger charge is 2.26. The average molecular weight is 223 g/mol. The number of amides is 1. The molecule has 1 aromatic heterocycles. The molecule has 0 bridgehead atoms. The SMILES string of the molecule is CNC(=O)C(C)(C)CNc1ccnc(N)n1. The van der Waals surface area contributed by atoms with Crippen LogP contribution in [0.25, 0.3) is 0 Å². The lowest BCUT2D eigenvalue weighted by Gasteiger charge is -2.23. The summed E-state index contributed by atoms with van der Waals surface area (Å²) in [6, 6.07) is 1.70. The number of nitrogens with one attached hydrogen (secondary N) is 2. The van der Waals surface area contributed by atoms with E-state index in [9.17, 15) is 4.79 Å². The van der Waals surface area contributed by atoms with Crippen molar-refractivity contribution < 1.29 is 4.79 Å². The molecular formula is C10H17N5O. The van der Waals surface area contributed by atoms with Crippen LogP contribution >= 0.6 is 0 Å². The summed E-state index contributed by atoms with van der Waals surface area (Å²) in [4.78, 5) is 19.3. The lowest BCUT2D eigenvalue weighted by Crippen LogP contribution is -2.39. The third-order valence-electron chi connectivity index (χ3n) is 2.23. The van der Waals surface area contributed by atoms with Crippen LogP contribution in [0.2, 0.25) is 0 Å². The molecule has 0 aliphatic heterocycles. The fourth-order valence-electron chi connectivity index (χ4n) is 1.20. The number of nitrogens with zero attached hydrogens (tertiary/aromatic N) is 2. The van der Waals surface area contributed by atoms with Crippen LogP contribution in [0.4, 0.5) is 11.8 Å². The zero-order valence-electron chi connectivity index (χ0n) is 9.74. The van der Waals surface area contributed by atoms with E-state index in [4.69, 9.17) is 5.73 Å². The van der Waals surface area contributed by atoms with E-state index in [1.807, 2.05) is 13.8 Å². The molecule has 1 aromatic rings. The molecule has 4 N–H and O–H groups in total. The van der Waals surface area contributed by atoms with Crippen LogP contribution in [0.15, 0.2) is 12.3 Å². The van der Waals surface area contributed by atoms with E-state index in [0.717, 1.165) is 0 Å². The first-order valence-corrected chi connectivity index (χ1v) is 5.00. The Kier molecular flexibility index (Phi) is 3.65. The standard InChI is InChI=1S/C10H17N5O/c1-10(2,8(16)12-3)6-14-7-4-5-13-9(11)15-7/h4-5H,6H2,1-3H3,(H,12,16)(H3,11,13,14,15). The second-order valence-corrected chi connectivity index (χ2v) is 4.12. The van der Waals surface area contributed by atoms with Crippen LogP contribution in [0, 0.1) is 5.41 Å².